The van der Waals surface area contributed by atoms with Crippen molar-refractivity contribution in [2.45, 2.75) is 32.1 Å². The lowest BCUT2D eigenvalue weighted by Gasteiger charge is -2.35. The predicted molar refractivity (Wildman–Crippen MR) is 64.5 cm³/mol. The largest absolute Gasteiger partial charge is 0.382 e. The quantitative estimate of drug-likeness (QED) is 0.532. The number of aliphatic hydroxyl groups is 1. The molecule has 2 atom stereocenters. The number of carbonyl (C=O) groups is 1. The van der Waals surface area contributed by atoms with Gasteiger partial charge in [0.1, 0.15) is 6.10 Å². The van der Waals surface area contributed by atoms with Crippen LogP contribution in [-0.2, 0) is 9.53 Å². The summed E-state index contributed by atoms with van der Waals surface area (Å²) in [6.45, 7) is 7.67. The molecule has 0 aromatic carbocycles. The Labute approximate surface area is 102 Å². The summed E-state index contributed by atoms with van der Waals surface area (Å²) in [6.07, 6.45) is -1.02. The Morgan fingerprint density at radius 2 is 2.35 bits per heavy atom. The summed E-state index contributed by atoms with van der Waals surface area (Å²) < 4.78 is 5.60. The average Bonchev–Trinajstić information content (AvgIpc) is 2.29. The third-order valence-electron chi connectivity index (χ3n) is 2.94. The number of carbonyl (C=O) groups excluding carboxylic acids is 1. The normalized spacial score (nSPS) is 23.9. The van der Waals surface area contributed by atoms with Crippen LogP contribution < -0.4 is 11.1 Å². The third-order valence-corrected chi connectivity index (χ3v) is 2.94. The summed E-state index contributed by atoms with van der Waals surface area (Å²) in [7, 11) is 0. The zero-order valence-corrected chi connectivity index (χ0v) is 10.6. The molecule has 0 aromatic rings. The van der Waals surface area contributed by atoms with Crippen molar-refractivity contribution in [3.05, 3.63) is 0 Å². The highest BCUT2D eigenvalue weighted by atomic mass is 16.5. The Kier molecular flexibility index (Phi) is 5.84. The zero-order chi connectivity index (χ0) is 12.8. The van der Waals surface area contributed by atoms with E-state index in [1.165, 1.54) is 0 Å². The molecule has 1 amide bonds. The molecule has 4 N–H and O–H groups in total. The van der Waals surface area contributed by atoms with Crippen molar-refractivity contribution in [1.29, 1.82) is 0 Å². The van der Waals surface area contributed by atoms with Crippen LogP contribution in [0.25, 0.3) is 0 Å². The summed E-state index contributed by atoms with van der Waals surface area (Å²) in [5.41, 5.74) is 4.95. The molecule has 100 valence electrons. The number of hydrogen-bond donors (Lipinski definition) is 3. The molecular formula is C11H23N3O3. The van der Waals surface area contributed by atoms with Crippen LogP contribution in [0.3, 0.4) is 0 Å². The Hall–Kier alpha value is -0.690. The zero-order valence-electron chi connectivity index (χ0n) is 10.6. The first-order chi connectivity index (χ1) is 8.00. The van der Waals surface area contributed by atoms with Crippen LogP contribution in [0, 0.1) is 0 Å². The van der Waals surface area contributed by atoms with Gasteiger partial charge < -0.3 is 20.9 Å². The van der Waals surface area contributed by atoms with Gasteiger partial charge in [-0.2, -0.15) is 0 Å². The molecule has 1 saturated heterocycles. The molecule has 6 heteroatoms. The molecular weight excluding hydrogens is 222 g/mol. The van der Waals surface area contributed by atoms with Crippen LogP contribution in [0.5, 0.6) is 0 Å². The van der Waals surface area contributed by atoms with E-state index in [1.807, 2.05) is 0 Å². The van der Waals surface area contributed by atoms with Crippen molar-refractivity contribution in [3.63, 3.8) is 0 Å². The predicted octanol–water partition coefficient (Wildman–Crippen LogP) is -1.47. The van der Waals surface area contributed by atoms with Crippen LogP contribution in [0.15, 0.2) is 0 Å². The fourth-order valence-electron chi connectivity index (χ4n) is 1.82. The monoisotopic (exact) mass is 245 g/mol. The minimum absolute atomic E-state index is 0.103. The van der Waals surface area contributed by atoms with E-state index in [0.29, 0.717) is 12.6 Å². The van der Waals surface area contributed by atoms with E-state index in [2.05, 4.69) is 24.1 Å². The lowest BCUT2D eigenvalue weighted by molar-refractivity contribution is -0.125. The number of nitrogens with two attached hydrogens (primary N) is 1. The molecule has 6 nitrogen and oxygen atoms in total. The van der Waals surface area contributed by atoms with Gasteiger partial charge in [0, 0.05) is 32.2 Å². The second-order valence-electron chi connectivity index (χ2n) is 4.66. The number of nitrogens with zero attached hydrogens (tertiary/aromatic N) is 1. The number of hydrogen-bond acceptors (Lipinski definition) is 5. The molecule has 1 rings (SSSR count). The molecule has 1 aliphatic rings. The van der Waals surface area contributed by atoms with Crippen molar-refractivity contribution in [3.8, 4) is 0 Å². The van der Waals surface area contributed by atoms with Gasteiger partial charge in [0.05, 0.1) is 12.7 Å². The van der Waals surface area contributed by atoms with Gasteiger partial charge in [-0.25, -0.2) is 0 Å². The van der Waals surface area contributed by atoms with Crippen molar-refractivity contribution in [1.82, 2.24) is 10.2 Å². The van der Waals surface area contributed by atoms with E-state index in [9.17, 15) is 9.90 Å². The van der Waals surface area contributed by atoms with Gasteiger partial charge in [-0.15, -0.1) is 0 Å². The van der Waals surface area contributed by atoms with E-state index in [4.69, 9.17) is 10.5 Å². The highest BCUT2D eigenvalue weighted by Crippen LogP contribution is 2.07. The lowest BCUT2D eigenvalue weighted by Crippen LogP contribution is -2.50. The Balaban J connectivity index is 2.21. The van der Waals surface area contributed by atoms with Crippen LogP contribution in [0.4, 0.5) is 0 Å². The average molecular weight is 245 g/mol. The summed E-state index contributed by atoms with van der Waals surface area (Å²) >= 11 is 0. The van der Waals surface area contributed by atoms with Crippen molar-refractivity contribution >= 4 is 5.91 Å². The van der Waals surface area contributed by atoms with Crippen LogP contribution in [0.1, 0.15) is 13.8 Å². The van der Waals surface area contributed by atoms with Gasteiger partial charge in [0.15, 0.2) is 0 Å². The van der Waals surface area contributed by atoms with Crippen molar-refractivity contribution in [2.75, 3.05) is 32.8 Å². The van der Waals surface area contributed by atoms with Gasteiger partial charge in [-0.1, -0.05) is 0 Å². The maximum atomic E-state index is 10.6. The maximum Gasteiger partial charge on any atom is 0.247 e. The first kappa shape index (κ1) is 14.4. The molecule has 1 heterocycles. The highest BCUT2D eigenvalue weighted by molar-refractivity contribution is 5.78. The summed E-state index contributed by atoms with van der Waals surface area (Å²) in [6, 6.07) is 0.512. The Bertz CT molecular complexity index is 248. The van der Waals surface area contributed by atoms with Gasteiger partial charge in [0.25, 0.3) is 0 Å². The molecule has 0 saturated carbocycles. The standard InChI is InChI=1S/C11H23N3O3/c1-8(2)14-3-4-17-9(7-14)5-13-6-10(15)11(12)16/h8-10,13,15H,3-7H2,1-2H3,(H2,12,16). The van der Waals surface area contributed by atoms with E-state index >= 15 is 0 Å². The topological polar surface area (TPSA) is 87.8 Å². The minimum Gasteiger partial charge on any atom is -0.382 e. The van der Waals surface area contributed by atoms with Crippen LogP contribution in [-0.4, -0.2) is 66.9 Å². The van der Waals surface area contributed by atoms with Crippen molar-refractivity contribution < 1.29 is 14.6 Å². The first-order valence-electron chi connectivity index (χ1n) is 6.04. The molecule has 0 bridgehead atoms. The van der Waals surface area contributed by atoms with Gasteiger partial charge in [-0.05, 0) is 13.8 Å². The smallest absolute Gasteiger partial charge is 0.247 e. The van der Waals surface area contributed by atoms with E-state index in [-0.39, 0.29) is 12.6 Å². The minimum atomic E-state index is -1.13. The van der Waals surface area contributed by atoms with E-state index < -0.39 is 12.0 Å². The highest BCUT2D eigenvalue weighted by Gasteiger charge is 2.22. The SMILES string of the molecule is CC(C)N1CCOC(CNCC(O)C(N)=O)C1. The van der Waals surface area contributed by atoms with E-state index in [0.717, 1.165) is 19.7 Å². The van der Waals surface area contributed by atoms with Gasteiger partial charge in [0.2, 0.25) is 5.91 Å². The lowest BCUT2D eigenvalue weighted by atomic mass is 10.2. The van der Waals surface area contributed by atoms with E-state index in [1.54, 1.807) is 0 Å². The molecule has 0 aromatic heterocycles. The molecule has 0 radical (unpaired) electrons. The van der Waals surface area contributed by atoms with Crippen molar-refractivity contribution in [2.24, 2.45) is 5.73 Å². The Morgan fingerprint density at radius 3 is 2.94 bits per heavy atom. The maximum absolute atomic E-state index is 10.6. The summed E-state index contributed by atoms with van der Waals surface area (Å²) in [4.78, 5) is 13.0. The van der Waals surface area contributed by atoms with Gasteiger partial charge in [-0.3, -0.25) is 9.69 Å². The second kappa shape index (κ2) is 6.90. The summed E-state index contributed by atoms with van der Waals surface area (Å²) in [5.74, 6) is -0.703. The molecule has 2 unspecified atom stereocenters. The Morgan fingerprint density at radius 1 is 1.65 bits per heavy atom. The number of aliphatic hydroxyl groups excluding tert-OH is 1. The number of amides is 1. The number of nitrogens with one attached hydrogen (secondary N) is 1. The molecule has 1 fully saturated rings. The number of morpholine rings is 1. The number of primary amides is 1. The van der Waals surface area contributed by atoms with Gasteiger partial charge >= 0.3 is 0 Å². The molecule has 1 aliphatic heterocycles. The first-order valence-corrected chi connectivity index (χ1v) is 6.04. The van der Waals surface area contributed by atoms with Crippen LogP contribution in [0.2, 0.25) is 0 Å². The number of rotatable bonds is 6. The summed E-state index contributed by atoms with van der Waals surface area (Å²) in [5, 5.41) is 12.2. The van der Waals surface area contributed by atoms with Crippen LogP contribution >= 0.6 is 0 Å². The molecule has 17 heavy (non-hydrogen) atoms. The number of ether oxygens (including phenoxy) is 1. The third kappa shape index (κ3) is 4.99. The fourth-order valence-corrected chi connectivity index (χ4v) is 1.82. The fraction of sp³-hybridized carbons (Fsp3) is 0.909. The molecule has 0 spiro atoms. The molecule has 0 aliphatic carbocycles. The second-order valence-corrected chi connectivity index (χ2v) is 4.66.